The maximum atomic E-state index is 12.9. The number of rotatable bonds is 3. The molecule has 4 nitrogen and oxygen atoms in total. The number of nitrogens with zero attached hydrogens (tertiary/aromatic N) is 1. The quantitative estimate of drug-likeness (QED) is 0.930. The first kappa shape index (κ1) is 15.5. The fourth-order valence-electron chi connectivity index (χ4n) is 3.74. The highest BCUT2D eigenvalue weighted by Gasteiger charge is 2.48. The Balaban J connectivity index is 1.83. The summed E-state index contributed by atoms with van der Waals surface area (Å²) in [5.41, 5.74) is 1.26. The molecule has 120 valence electrons. The van der Waals surface area contributed by atoms with Crippen molar-refractivity contribution in [3.8, 4) is 0 Å². The first-order chi connectivity index (χ1) is 10.5. The second-order valence-corrected chi connectivity index (χ2v) is 7.82. The van der Waals surface area contributed by atoms with E-state index in [1.54, 1.807) is 16.2 Å². The van der Waals surface area contributed by atoms with E-state index in [2.05, 4.69) is 0 Å². The Kier molecular flexibility index (Phi) is 4.02. The van der Waals surface area contributed by atoms with Gasteiger partial charge in [0.05, 0.1) is 11.0 Å². The molecule has 1 saturated heterocycles. The number of hydrogen-bond donors (Lipinski definition) is 1. The number of hydrogen-bond acceptors (Lipinski definition) is 3. The number of thiophene rings is 1. The predicted molar refractivity (Wildman–Crippen MR) is 86.4 cm³/mol. The Morgan fingerprint density at radius 2 is 2.05 bits per heavy atom. The number of carboxylic acids is 1. The van der Waals surface area contributed by atoms with Crippen LogP contribution in [-0.4, -0.2) is 35.0 Å². The third kappa shape index (κ3) is 2.35. The van der Waals surface area contributed by atoms with E-state index in [9.17, 15) is 14.7 Å². The van der Waals surface area contributed by atoms with E-state index in [-0.39, 0.29) is 11.8 Å². The van der Waals surface area contributed by atoms with Crippen molar-refractivity contribution in [2.24, 2.45) is 11.3 Å². The summed E-state index contributed by atoms with van der Waals surface area (Å²) in [5.74, 6) is -0.715. The van der Waals surface area contributed by atoms with Crippen LogP contribution < -0.4 is 0 Å². The number of likely N-dealkylation sites (tertiary alicyclic amines) is 1. The van der Waals surface area contributed by atoms with Crippen molar-refractivity contribution in [1.82, 2.24) is 4.90 Å². The smallest absolute Gasteiger partial charge is 0.311 e. The van der Waals surface area contributed by atoms with E-state index in [0.29, 0.717) is 19.5 Å². The van der Waals surface area contributed by atoms with Gasteiger partial charge in [0.1, 0.15) is 0 Å². The Morgan fingerprint density at radius 1 is 1.32 bits per heavy atom. The number of fused-ring (bicyclic) bond motifs is 1. The zero-order valence-electron chi connectivity index (χ0n) is 13.2. The first-order valence-corrected chi connectivity index (χ1v) is 8.95. The first-order valence-electron chi connectivity index (χ1n) is 8.07. The van der Waals surface area contributed by atoms with E-state index < -0.39 is 11.4 Å². The molecular formula is C17H23NO3S. The highest BCUT2D eigenvalue weighted by molar-refractivity contribution is 7.10. The molecule has 1 aromatic rings. The lowest BCUT2D eigenvalue weighted by Gasteiger charge is -2.28. The summed E-state index contributed by atoms with van der Waals surface area (Å²) in [7, 11) is 0. The number of carboxylic acid groups (broad SMARTS) is 1. The third-order valence-corrected chi connectivity index (χ3v) is 6.50. The second kappa shape index (κ2) is 5.69. The molecule has 1 fully saturated rings. The minimum absolute atomic E-state index is 0.0270. The van der Waals surface area contributed by atoms with Crippen molar-refractivity contribution in [3.05, 3.63) is 21.4 Å². The van der Waals surface area contributed by atoms with Gasteiger partial charge >= 0.3 is 5.97 Å². The molecule has 0 radical (unpaired) electrons. The molecule has 0 spiro atoms. The standard InChI is InChI=1S/C17H23NO3S/c1-11(2)17(16(20)21)7-8-18(10-17)15(19)13-9-22-14-6-4-3-5-12(13)14/h9,11H,3-8,10H2,1-2H3,(H,20,21). The lowest BCUT2D eigenvalue weighted by molar-refractivity contribution is -0.150. The van der Waals surface area contributed by atoms with Gasteiger partial charge in [-0.15, -0.1) is 11.3 Å². The maximum absolute atomic E-state index is 12.9. The molecule has 0 saturated carbocycles. The average Bonchev–Trinajstić information content (AvgIpc) is 3.12. The lowest BCUT2D eigenvalue weighted by atomic mass is 9.76. The molecule has 2 aliphatic rings. The highest BCUT2D eigenvalue weighted by Crippen LogP contribution is 2.39. The van der Waals surface area contributed by atoms with Crippen LogP contribution in [0.4, 0.5) is 0 Å². The van der Waals surface area contributed by atoms with Gasteiger partial charge in [-0.05, 0) is 43.6 Å². The Labute approximate surface area is 135 Å². The molecule has 1 aliphatic heterocycles. The van der Waals surface area contributed by atoms with Crippen molar-refractivity contribution in [2.45, 2.75) is 46.0 Å². The van der Waals surface area contributed by atoms with Gasteiger partial charge in [0.2, 0.25) is 0 Å². The van der Waals surface area contributed by atoms with Crippen molar-refractivity contribution in [1.29, 1.82) is 0 Å². The summed E-state index contributed by atoms with van der Waals surface area (Å²) in [5, 5.41) is 11.6. The molecule has 22 heavy (non-hydrogen) atoms. The van der Waals surface area contributed by atoms with E-state index in [0.717, 1.165) is 24.8 Å². The van der Waals surface area contributed by atoms with Crippen LogP contribution >= 0.6 is 11.3 Å². The Bertz CT molecular complexity index is 607. The molecule has 3 rings (SSSR count). The molecule has 1 amide bonds. The number of amides is 1. The number of aliphatic carboxylic acids is 1. The fraction of sp³-hybridized carbons (Fsp3) is 0.647. The molecule has 1 aliphatic carbocycles. The van der Waals surface area contributed by atoms with Crippen LogP contribution in [-0.2, 0) is 17.6 Å². The van der Waals surface area contributed by atoms with Crippen molar-refractivity contribution >= 4 is 23.2 Å². The van der Waals surface area contributed by atoms with Gasteiger partial charge < -0.3 is 10.0 Å². The molecule has 0 bridgehead atoms. The Hall–Kier alpha value is -1.36. The Morgan fingerprint density at radius 3 is 2.68 bits per heavy atom. The van der Waals surface area contributed by atoms with Crippen molar-refractivity contribution in [2.75, 3.05) is 13.1 Å². The lowest BCUT2D eigenvalue weighted by Crippen LogP contribution is -2.40. The van der Waals surface area contributed by atoms with Gasteiger partial charge in [0.15, 0.2) is 0 Å². The summed E-state index contributed by atoms with van der Waals surface area (Å²) < 4.78 is 0. The molecular weight excluding hydrogens is 298 g/mol. The zero-order valence-corrected chi connectivity index (χ0v) is 14.0. The minimum atomic E-state index is -0.786. The predicted octanol–water partition coefficient (Wildman–Crippen LogP) is 3.20. The van der Waals surface area contributed by atoms with Crippen LogP contribution in [0.1, 0.15) is 53.9 Å². The summed E-state index contributed by atoms with van der Waals surface area (Å²) in [6.07, 6.45) is 4.98. The second-order valence-electron chi connectivity index (χ2n) is 6.85. The number of carbonyl (C=O) groups is 2. The molecule has 1 aromatic heterocycles. The third-order valence-electron chi connectivity index (χ3n) is 5.41. The van der Waals surface area contributed by atoms with E-state index in [4.69, 9.17) is 0 Å². The molecule has 5 heteroatoms. The molecule has 0 aromatic carbocycles. The van der Waals surface area contributed by atoms with E-state index >= 15 is 0 Å². The van der Waals surface area contributed by atoms with E-state index in [1.165, 1.54) is 16.9 Å². The van der Waals surface area contributed by atoms with Crippen molar-refractivity contribution < 1.29 is 14.7 Å². The molecule has 1 atom stereocenters. The number of aryl methyl sites for hydroxylation is 1. The van der Waals surface area contributed by atoms with Crippen LogP contribution in [0.15, 0.2) is 5.38 Å². The summed E-state index contributed by atoms with van der Waals surface area (Å²) in [6.45, 7) is 4.76. The SMILES string of the molecule is CC(C)C1(C(=O)O)CCN(C(=O)c2csc3c2CCCC3)C1. The van der Waals surface area contributed by atoms with Crippen LogP contribution in [0.5, 0.6) is 0 Å². The minimum Gasteiger partial charge on any atom is -0.481 e. The van der Waals surface area contributed by atoms with Crippen molar-refractivity contribution in [3.63, 3.8) is 0 Å². The van der Waals surface area contributed by atoms with Gasteiger partial charge in [-0.1, -0.05) is 13.8 Å². The van der Waals surface area contributed by atoms with Crippen LogP contribution in [0.2, 0.25) is 0 Å². The van der Waals surface area contributed by atoms with Gasteiger partial charge in [0, 0.05) is 23.3 Å². The van der Waals surface area contributed by atoms with Gasteiger partial charge in [-0.25, -0.2) is 0 Å². The van der Waals surface area contributed by atoms with Crippen LogP contribution in [0.25, 0.3) is 0 Å². The van der Waals surface area contributed by atoms with E-state index in [1.807, 2.05) is 19.2 Å². The summed E-state index contributed by atoms with van der Waals surface area (Å²) in [4.78, 5) is 27.7. The molecule has 2 heterocycles. The summed E-state index contributed by atoms with van der Waals surface area (Å²) in [6, 6.07) is 0. The van der Waals surface area contributed by atoms with Gasteiger partial charge in [-0.2, -0.15) is 0 Å². The fourth-order valence-corrected chi connectivity index (χ4v) is 4.86. The van der Waals surface area contributed by atoms with Gasteiger partial charge in [0.25, 0.3) is 5.91 Å². The topological polar surface area (TPSA) is 57.6 Å². The number of carbonyl (C=O) groups excluding carboxylic acids is 1. The maximum Gasteiger partial charge on any atom is 0.311 e. The zero-order chi connectivity index (χ0) is 15.9. The highest BCUT2D eigenvalue weighted by atomic mass is 32.1. The largest absolute Gasteiger partial charge is 0.481 e. The molecule has 1 unspecified atom stereocenters. The summed E-state index contributed by atoms with van der Waals surface area (Å²) >= 11 is 1.69. The normalized spacial score (nSPS) is 24.6. The molecule has 1 N–H and O–H groups in total. The van der Waals surface area contributed by atoms with Crippen LogP contribution in [0.3, 0.4) is 0 Å². The average molecular weight is 321 g/mol. The van der Waals surface area contributed by atoms with Gasteiger partial charge in [-0.3, -0.25) is 9.59 Å². The van der Waals surface area contributed by atoms with Crippen LogP contribution in [0, 0.1) is 11.3 Å². The monoisotopic (exact) mass is 321 g/mol.